The molecule has 4 rings (SSSR count). The van der Waals surface area contributed by atoms with Crippen molar-refractivity contribution in [1.29, 1.82) is 0 Å². The topological polar surface area (TPSA) is 114 Å². The van der Waals surface area contributed by atoms with Crippen molar-refractivity contribution < 1.29 is 9.90 Å². The van der Waals surface area contributed by atoms with Gasteiger partial charge in [-0.15, -0.1) is 0 Å². The fourth-order valence-electron chi connectivity index (χ4n) is 5.38. The molecule has 1 aromatic heterocycles. The fraction of sp³-hybridized carbons (Fsp3) is 0.556. The van der Waals surface area contributed by atoms with Crippen molar-refractivity contribution >= 4 is 17.3 Å². The monoisotopic (exact) mass is 479 g/mol. The van der Waals surface area contributed by atoms with Gasteiger partial charge in [0.15, 0.2) is 0 Å². The normalized spacial score (nSPS) is 19.0. The number of piperidine rings is 1. The summed E-state index contributed by atoms with van der Waals surface area (Å²) in [6.07, 6.45) is 9.06. The lowest BCUT2D eigenvalue weighted by Gasteiger charge is -2.38. The molecular formula is C27H37N5O3. The van der Waals surface area contributed by atoms with E-state index in [0.29, 0.717) is 44.5 Å². The molecule has 0 spiro atoms. The first kappa shape index (κ1) is 25.1. The Morgan fingerprint density at radius 2 is 1.86 bits per heavy atom. The van der Waals surface area contributed by atoms with E-state index in [1.807, 2.05) is 35.2 Å². The SMILES string of the molecule is CN=C(c1ncn(CC2(O)CCN(C(=O)CCc3ccccc3)CC2)c(=O)c1N)C1CCCCC1. The van der Waals surface area contributed by atoms with Crippen LogP contribution in [0.5, 0.6) is 0 Å². The number of carbonyl (C=O) groups excluding carboxylic acids is 1. The van der Waals surface area contributed by atoms with Crippen LogP contribution in [-0.4, -0.2) is 56.9 Å². The molecule has 1 aliphatic carbocycles. The third kappa shape index (κ3) is 5.99. The highest BCUT2D eigenvalue weighted by Crippen LogP contribution is 2.28. The van der Waals surface area contributed by atoms with Gasteiger partial charge in [-0.1, -0.05) is 49.6 Å². The van der Waals surface area contributed by atoms with Crippen molar-refractivity contribution in [3.05, 3.63) is 58.3 Å². The van der Waals surface area contributed by atoms with E-state index in [2.05, 4.69) is 9.98 Å². The van der Waals surface area contributed by atoms with E-state index in [4.69, 9.17) is 5.73 Å². The number of benzene rings is 1. The zero-order valence-corrected chi connectivity index (χ0v) is 20.7. The van der Waals surface area contributed by atoms with Crippen molar-refractivity contribution in [2.45, 2.75) is 69.9 Å². The Morgan fingerprint density at radius 1 is 1.17 bits per heavy atom. The Balaban J connectivity index is 1.37. The van der Waals surface area contributed by atoms with E-state index in [0.717, 1.165) is 37.0 Å². The van der Waals surface area contributed by atoms with Crippen LogP contribution >= 0.6 is 0 Å². The van der Waals surface area contributed by atoms with Crippen LogP contribution in [0.3, 0.4) is 0 Å². The number of rotatable bonds is 7. The summed E-state index contributed by atoms with van der Waals surface area (Å²) >= 11 is 0. The number of aliphatic imine (C=N–C) groups is 1. The van der Waals surface area contributed by atoms with Gasteiger partial charge in [0.05, 0.1) is 24.2 Å². The highest BCUT2D eigenvalue weighted by Gasteiger charge is 2.35. The molecule has 2 heterocycles. The minimum Gasteiger partial charge on any atom is -0.392 e. The summed E-state index contributed by atoms with van der Waals surface area (Å²) in [5.41, 5.74) is 7.34. The summed E-state index contributed by atoms with van der Waals surface area (Å²) in [4.78, 5) is 36.5. The molecule has 0 bridgehead atoms. The average Bonchev–Trinajstić information content (AvgIpc) is 2.89. The largest absolute Gasteiger partial charge is 0.392 e. The van der Waals surface area contributed by atoms with Crippen LogP contribution in [-0.2, 0) is 17.8 Å². The highest BCUT2D eigenvalue weighted by molar-refractivity contribution is 6.04. The van der Waals surface area contributed by atoms with Gasteiger partial charge in [0.1, 0.15) is 11.4 Å². The number of amides is 1. The summed E-state index contributed by atoms with van der Waals surface area (Å²) < 4.78 is 1.40. The number of nitrogens with zero attached hydrogens (tertiary/aromatic N) is 4. The molecule has 1 aliphatic heterocycles. The third-order valence-electron chi connectivity index (χ3n) is 7.53. The lowest BCUT2D eigenvalue weighted by molar-refractivity contribution is -0.135. The second-order valence-electron chi connectivity index (χ2n) is 9.97. The molecule has 2 aliphatic rings. The number of carbonyl (C=O) groups is 1. The number of nitrogen functional groups attached to an aromatic ring is 1. The Bertz CT molecular complexity index is 1100. The van der Waals surface area contributed by atoms with Crippen LogP contribution in [0, 0.1) is 5.92 Å². The maximum absolute atomic E-state index is 13.1. The van der Waals surface area contributed by atoms with Crippen LogP contribution in [0.15, 0.2) is 46.4 Å². The summed E-state index contributed by atoms with van der Waals surface area (Å²) in [5, 5.41) is 11.2. The van der Waals surface area contributed by atoms with Crippen molar-refractivity contribution in [2.75, 3.05) is 25.9 Å². The minimum absolute atomic E-state index is 0.0933. The number of aliphatic hydroxyl groups is 1. The molecule has 1 amide bonds. The fourth-order valence-corrected chi connectivity index (χ4v) is 5.38. The van der Waals surface area contributed by atoms with Crippen LogP contribution in [0.25, 0.3) is 0 Å². The standard InChI is InChI=1S/C27H37N5O3/c1-29-24(21-10-6-3-7-11-21)25-23(28)26(34)32(19-30-25)18-27(35)14-16-31(17-15-27)22(33)13-12-20-8-4-2-5-9-20/h2,4-5,8-9,19,21,35H,3,6-7,10-18,28H2,1H3. The molecular weight excluding hydrogens is 442 g/mol. The van der Waals surface area contributed by atoms with Crippen molar-refractivity contribution in [2.24, 2.45) is 10.9 Å². The molecule has 188 valence electrons. The lowest BCUT2D eigenvalue weighted by Crippen LogP contribution is -2.50. The molecule has 8 nitrogen and oxygen atoms in total. The summed E-state index contributed by atoms with van der Waals surface area (Å²) in [6.45, 7) is 1.04. The zero-order chi connectivity index (χ0) is 24.8. The van der Waals surface area contributed by atoms with E-state index >= 15 is 0 Å². The second-order valence-corrected chi connectivity index (χ2v) is 9.97. The van der Waals surface area contributed by atoms with Gasteiger partial charge >= 0.3 is 0 Å². The lowest BCUT2D eigenvalue weighted by atomic mass is 9.84. The first-order valence-electron chi connectivity index (χ1n) is 12.8. The maximum atomic E-state index is 13.1. The van der Waals surface area contributed by atoms with Gasteiger partial charge in [0.2, 0.25) is 5.91 Å². The summed E-state index contributed by atoms with van der Waals surface area (Å²) in [7, 11) is 1.73. The Hall–Kier alpha value is -3.00. The van der Waals surface area contributed by atoms with Crippen LogP contribution < -0.4 is 11.3 Å². The predicted octanol–water partition coefficient (Wildman–Crippen LogP) is 2.81. The molecule has 3 N–H and O–H groups in total. The van der Waals surface area contributed by atoms with Gasteiger partial charge in [0, 0.05) is 32.5 Å². The molecule has 0 atom stereocenters. The molecule has 1 saturated carbocycles. The number of nitrogens with two attached hydrogens (primary N) is 1. The third-order valence-corrected chi connectivity index (χ3v) is 7.53. The molecule has 1 aromatic carbocycles. The van der Waals surface area contributed by atoms with E-state index in [1.165, 1.54) is 17.3 Å². The van der Waals surface area contributed by atoms with Crippen molar-refractivity contribution in [3.8, 4) is 0 Å². The molecule has 2 fully saturated rings. The zero-order valence-electron chi connectivity index (χ0n) is 20.7. The molecule has 0 unspecified atom stereocenters. The smallest absolute Gasteiger partial charge is 0.277 e. The summed E-state index contributed by atoms with van der Waals surface area (Å²) in [6, 6.07) is 9.96. The molecule has 1 saturated heterocycles. The van der Waals surface area contributed by atoms with Crippen LogP contribution in [0.4, 0.5) is 5.69 Å². The summed E-state index contributed by atoms with van der Waals surface area (Å²) in [5.74, 6) is 0.379. The van der Waals surface area contributed by atoms with Gasteiger partial charge in [-0.25, -0.2) is 4.98 Å². The molecule has 2 aromatic rings. The van der Waals surface area contributed by atoms with Gasteiger partial charge in [-0.05, 0) is 37.7 Å². The number of hydrogen-bond acceptors (Lipinski definition) is 6. The van der Waals surface area contributed by atoms with E-state index < -0.39 is 5.60 Å². The Kier molecular flexibility index (Phi) is 8.00. The number of hydrogen-bond donors (Lipinski definition) is 2. The van der Waals surface area contributed by atoms with Gasteiger partial charge in [-0.2, -0.15) is 0 Å². The Labute approximate surface area is 206 Å². The average molecular weight is 480 g/mol. The highest BCUT2D eigenvalue weighted by atomic mass is 16.3. The quantitative estimate of drug-likeness (QED) is 0.593. The number of likely N-dealkylation sites (tertiary alicyclic amines) is 1. The second kappa shape index (κ2) is 11.2. The van der Waals surface area contributed by atoms with Crippen molar-refractivity contribution in [1.82, 2.24) is 14.5 Å². The van der Waals surface area contributed by atoms with Gasteiger partial charge in [0.25, 0.3) is 5.56 Å². The number of aromatic nitrogens is 2. The van der Waals surface area contributed by atoms with Gasteiger partial charge in [-0.3, -0.25) is 19.1 Å². The van der Waals surface area contributed by atoms with Crippen LogP contribution in [0.1, 0.15) is 62.6 Å². The number of anilines is 1. The van der Waals surface area contributed by atoms with Gasteiger partial charge < -0.3 is 15.7 Å². The maximum Gasteiger partial charge on any atom is 0.277 e. The molecule has 8 heteroatoms. The first-order chi connectivity index (χ1) is 16.9. The predicted molar refractivity (Wildman–Crippen MR) is 137 cm³/mol. The van der Waals surface area contributed by atoms with Crippen LogP contribution in [0.2, 0.25) is 0 Å². The molecule has 35 heavy (non-hydrogen) atoms. The van der Waals surface area contributed by atoms with E-state index in [1.54, 1.807) is 7.05 Å². The first-order valence-corrected chi connectivity index (χ1v) is 12.8. The number of aryl methyl sites for hydroxylation is 1. The Morgan fingerprint density at radius 3 is 2.51 bits per heavy atom. The minimum atomic E-state index is -1.08. The van der Waals surface area contributed by atoms with E-state index in [-0.39, 0.29) is 29.6 Å². The molecule has 0 radical (unpaired) electrons. The van der Waals surface area contributed by atoms with E-state index in [9.17, 15) is 14.7 Å². The van der Waals surface area contributed by atoms with Crippen molar-refractivity contribution in [3.63, 3.8) is 0 Å².